The summed E-state index contributed by atoms with van der Waals surface area (Å²) in [7, 11) is -1.32. The number of allylic oxidation sites excluding steroid dienone is 3. The molecular formula is C17H27NO2Si. The zero-order chi connectivity index (χ0) is 15.6. The van der Waals surface area contributed by atoms with Crippen molar-refractivity contribution in [3.63, 3.8) is 0 Å². The molecule has 0 radical (unpaired) electrons. The van der Waals surface area contributed by atoms with Gasteiger partial charge < -0.3 is 5.32 Å². The smallest absolute Gasteiger partial charge is 0.223 e. The molecule has 0 saturated carbocycles. The normalized spacial score (nSPS) is 25.0. The predicted molar refractivity (Wildman–Crippen MR) is 88.7 cm³/mol. The molecule has 0 aromatic carbocycles. The Morgan fingerprint density at radius 2 is 1.95 bits per heavy atom. The lowest BCUT2D eigenvalue weighted by Gasteiger charge is -2.31. The highest BCUT2D eigenvalue weighted by atomic mass is 28.3. The molecule has 0 spiro atoms. The molecule has 0 aliphatic heterocycles. The maximum absolute atomic E-state index is 12.4. The number of rotatable bonds is 3. The van der Waals surface area contributed by atoms with E-state index in [4.69, 9.17) is 0 Å². The number of nitrogens with one attached hydrogen (secondary N) is 1. The Labute approximate surface area is 128 Å². The lowest BCUT2D eigenvalue weighted by Crippen LogP contribution is -2.35. The second-order valence-electron chi connectivity index (χ2n) is 7.27. The summed E-state index contributed by atoms with van der Waals surface area (Å²) in [6.45, 7) is 9.51. The van der Waals surface area contributed by atoms with E-state index in [1.54, 1.807) is 0 Å². The SMILES string of the molecule is CCNC(=O)C1CC(=O)C2=C(C1)/C(=C/[Si](C)(C)C)CCC2. The molecule has 1 N–H and O–H groups in total. The molecule has 4 heteroatoms. The predicted octanol–water partition coefficient (Wildman–Crippen LogP) is 3.39. The molecule has 0 aromatic heterocycles. The zero-order valence-corrected chi connectivity index (χ0v) is 14.7. The minimum absolute atomic E-state index is 0.0373. The van der Waals surface area contributed by atoms with Crippen LogP contribution in [0.2, 0.25) is 19.6 Å². The molecule has 0 heterocycles. The average Bonchev–Trinajstić information content (AvgIpc) is 2.38. The summed E-state index contributed by atoms with van der Waals surface area (Å²) in [5.41, 5.74) is 6.01. The Morgan fingerprint density at radius 3 is 2.57 bits per heavy atom. The van der Waals surface area contributed by atoms with Crippen LogP contribution in [-0.2, 0) is 9.59 Å². The van der Waals surface area contributed by atoms with Gasteiger partial charge in [0.25, 0.3) is 0 Å². The number of carbonyl (C=O) groups excluding carboxylic acids is 2. The Balaban J connectivity index is 2.31. The van der Waals surface area contributed by atoms with E-state index in [-0.39, 0.29) is 17.6 Å². The summed E-state index contributed by atoms with van der Waals surface area (Å²) in [5.74, 6) is 0.0725. The maximum atomic E-state index is 12.4. The van der Waals surface area contributed by atoms with E-state index >= 15 is 0 Å². The lowest BCUT2D eigenvalue weighted by molar-refractivity contribution is -0.128. The summed E-state index contributed by atoms with van der Waals surface area (Å²) < 4.78 is 0. The van der Waals surface area contributed by atoms with Gasteiger partial charge in [-0.2, -0.15) is 0 Å². The fourth-order valence-corrected chi connectivity index (χ4v) is 4.73. The van der Waals surface area contributed by atoms with Crippen LogP contribution in [0.25, 0.3) is 0 Å². The Kier molecular flexibility index (Phi) is 4.87. The van der Waals surface area contributed by atoms with E-state index in [0.717, 1.165) is 31.3 Å². The second kappa shape index (κ2) is 6.30. The van der Waals surface area contributed by atoms with Crippen LogP contribution in [0.1, 0.15) is 39.0 Å². The number of hydrogen-bond acceptors (Lipinski definition) is 2. The average molecular weight is 305 g/mol. The molecular weight excluding hydrogens is 278 g/mol. The van der Waals surface area contributed by atoms with Gasteiger partial charge in [-0.3, -0.25) is 9.59 Å². The molecule has 0 fully saturated rings. The number of hydrogen-bond donors (Lipinski definition) is 1. The van der Waals surface area contributed by atoms with Crippen molar-refractivity contribution in [2.45, 2.75) is 58.7 Å². The maximum Gasteiger partial charge on any atom is 0.223 e. The van der Waals surface area contributed by atoms with Crippen molar-refractivity contribution in [2.24, 2.45) is 5.92 Å². The molecule has 1 unspecified atom stereocenters. The van der Waals surface area contributed by atoms with Crippen molar-refractivity contribution in [1.29, 1.82) is 0 Å². The quantitative estimate of drug-likeness (QED) is 0.812. The van der Waals surface area contributed by atoms with Gasteiger partial charge in [-0.1, -0.05) is 30.9 Å². The van der Waals surface area contributed by atoms with Crippen LogP contribution >= 0.6 is 0 Å². The molecule has 0 bridgehead atoms. The minimum atomic E-state index is -1.32. The third-order valence-electron chi connectivity index (χ3n) is 4.17. The van der Waals surface area contributed by atoms with Gasteiger partial charge in [0.1, 0.15) is 0 Å². The number of carbonyl (C=O) groups is 2. The van der Waals surface area contributed by atoms with Gasteiger partial charge in [-0.15, -0.1) is 0 Å². The van der Waals surface area contributed by atoms with Crippen LogP contribution in [0.3, 0.4) is 0 Å². The van der Waals surface area contributed by atoms with E-state index < -0.39 is 8.07 Å². The minimum Gasteiger partial charge on any atom is -0.356 e. The lowest BCUT2D eigenvalue weighted by atomic mass is 9.74. The first-order valence-corrected chi connectivity index (χ1v) is 11.6. The van der Waals surface area contributed by atoms with Crippen molar-refractivity contribution in [3.8, 4) is 0 Å². The molecule has 2 aliphatic rings. The van der Waals surface area contributed by atoms with Crippen molar-refractivity contribution in [2.75, 3.05) is 6.54 Å². The van der Waals surface area contributed by atoms with Gasteiger partial charge in [0, 0.05) is 18.9 Å². The summed E-state index contributed by atoms with van der Waals surface area (Å²) in [6.07, 6.45) is 4.19. The third kappa shape index (κ3) is 3.94. The second-order valence-corrected chi connectivity index (χ2v) is 12.3. The Hall–Kier alpha value is -1.16. The molecule has 21 heavy (non-hydrogen) atoms. The highest BCUT2D eigenvalue weighted by molar-refractivity contribution is 6.81. The number of Topliss-reactive ketones (excluding diaryl/α,β-unsaturated/α-hetero) is 1. The van der Waals surface area contributed by atoms with Crippen molar-refractivity contribution in [3.05, 3.63) is 22.4 Å². The molecule has 2 rings (SSSR count). The Bertz CT molecular complexity index is 511. The zero-order valence-electron chi connectivity index (χ0n) is 13.7. The Morgan fingerprint density at radius 1 is 1.24 bits per heavy atom. The molecule has 1 atom stereocenters. The third-order valence-corrected chi connectivity index (χ3v) is 5.39. The van der Waals surface area contributed by atoms with Gasteiger partial charge in [-0.25, -0.2) is 0 Å². The van der Waals surface area contributed by atoms with Crippen LogP contribution in [0.15, 0.2) is 22.4 Å². The summed E-state index contributed by atoms with van der Waals surface area (Å²) >= 11 is 0. The van der Waals surface area contributed by atoms with Gasteiger partial charge >= 0.3 is 0 Å². The first kappa shape index (κ1) is 16.2. The van der Waals surface area contributed by atoms with Crippen molar-refractivity contribution >= 4 is 19.8 Å². The van der Waals surface area contributed by atoms with Gasteiger partial charge in [0.05, 0.1) is 8.07 Å². The number of amides is 1. The van der Waals surface area contributed by atoms with Crippen LogP contribution in [-0.4, -0.2) is 26.3 Å². The first-order valence-electron chi connectivity index (χ1n) is 8.07. The van der Waals surface area contributed by atoms with E-state index in [1.807, 2.05) is 6.92 Å². The summed E-state index contributed by atoms with van der Waals surface area (Å²) in [5, 5.41) is 2.87. The first-order chi connectivity index (χ1) is 9.81. The summed E-state index contributed by atoms with van der Waals surface area (Å²) in [4.78, 5) is 24.5. The standard InChI is InChI=1S/C17H27NO2Si/c1-5-18-17(20)13-9-15-12(11-21(2,3)4)7-6-8-14(15)16(19)10-13/h11,13H,5-10H2,1-4H3,(H,18,20)/b12-11+. The topological polar surface area (TPSA) is 46.2 Å². The molecule has 2 aliphatic carbocycles. The molecule has 0 saturated heterocycles. The highest BCUT2D eigenvalue weighted by Crippen LogP contribution is 2.40. The van der Waals surface area contributed by atoms with E-state index in [0.29, 0.717) is 13.0 Å². The molecule has 116 valence electrons. The van der Waals surface area contributed by atoms with Gasteiger partial charge in [-0.05, 0) is 43.8 Å². The van der Waals surface area contributed by atoms with Crippen molar-refractivity contribution < 1.29 is 9.59 Å². The van der Waals surface area contributed by atoms with Crippen molar-refractivity contribution in [1.82, 2.24) is 5.32 Å². The van der Waals surface area contributed by atoms with E-state index in [9.17, 15) is 9.59 Å². The largest absolute Gasteiger partial charge is 0.356 e. The molecule has 1 amide bonds. The van der Waals surface area contributed by atoms with Crippen LogP contribution < -0.4 is 5.32 Å². The van der Waals surface area contributed by atoms with Crippen LogP contribution in [0.4, 0.5) is 0 Å². The monoisotopic (exact) mass is 305 g/mol. The van der Waals surface area contributed by atoms with E-state index in [2.05, 4.69) is 30.7 Å². The van der Waals surface area contributed by atoms with Gasteiger partial charge in [0.15, 0.2) is 5.78 Å². The summed E-state index contributed by atoms with van der Waals surface area (Å²) in [6, 6.07) is 0. The van der Waals surface area contributed by atoms with Crippen LogP contribution in [0.5, 0.6) is 0 Å². The van der Waals surface area contributed by atoms with Gasteiger partial charge in [0.2, 0.25) is 5.91 Å². The number of ketones is 1. The molecule has 3 nitrogen and oxygen atoms in total. The van der Waals surface area contributed by atoms with Crippen LogP contribution in [0, 0.1) is 5.92 Å². The molecule has 0 aromatic rings. The highest BCUT2D eigenvalue weighted by Gasteiger charge is 2.34. The fourth-order valence-electron chi connectivity index (χ4n) is 3.36. The van der Waals surface area contributed by atoms with E-state index in [1.165, 1.54) is 11.1 Å². The fraction of sp³-hybridized carbons (Fsp3) is 0.647.